The molecule has 2 saturated heterocycles. The number of hydrogen-bond donors (Lipinski definition) is 1. The maximum Gasteiger partial charge on any atom is 0.224 e. The van der Waals surface area contributed by atoms with Crippen LogP contribution in [-0.4, -0.2) is 81.8 Å². The molecular weight excluding hydrogens is 304 g/mol. The maximum absolute atomic E-state index is 12.1. The number of hydrogen-bond acceptors (Lipinski definition) is 5. The largest absolute Gasteiger partial charge is 0.385 e. The number of carbonyl (C=O) groups is 1. The number of likely N-dealkylation sites (N-methyl/N-ethyl adjacent to an activating group) is 1. The number of carbonyl (C=O) groups excluding carboxylic acids is 1. The third-order valence-corrected chi connectivity index (χ3v) is 4.77. The second-order valence-corrected chi connectivity index (χ2v) is 6.51. The van der Waals surface area contributed by atoms with Crippen LogP contribution in [0.1, 0.15) is 6.42 Å². The Kier molecular flexibility index (Phi) is 5.93. The lowest BCUT2D eigenvalue weighted by Gasteiger charge is -2.34. The minimum atomic E-state index is 0.208. The van der Waals surface area contributed by atoms with Crippen LogP contribution in [0.5, 0.6) is 0 Å². The maximum atomic E-state index is 12.1. The highest BCUT2D eigenvalue weighted by Crippen LogP contribution is 2.19. The van der Waals surface area contributed by atoms with Crippen LogP contribution in [0.4, 0.5) is 11.4 Å². The van der Waals surface area contributed by atoms with Gasteiger partial charge in [-0.15, -0.1) is 0 Å². The zero-order chi connectivity index (χ0) is 16.8. The number of morpholine rings is 1. The number of benzene rings is 1. The average Bonchev–Trinajstić information content (AvgIpc) is 2.64. The molecule has 0 saturated carbocycles. The van der Waals surface area contributed by atoms with Crippen LogP contribution >= 0.6 is 0 Å². The summed E-state index contributed by atoms with van der Waals surface area (Å²) in [7, 11) is 2.17. The van der Waals surface area contributed by atoms with Gasteiger partial charge in [0.15, 0.2) is 0 Å². The molecule has 2 fully saturated rings. The molecule has 0 atom stereocenters. The molecule has 2 aliphatic rings. The zero-order valence-corrected chi connectivity index (χ0v) is 14.5. The number of nitrogens with one attached hydrogen (secondary N) is 1. The Morgan fingerprint density at radius 2 is 1.71 bits per heavy atom. The highest BCUT2D eigenvalue weighted by molar-refractivity contribution is 5.76. The van der Waals surface area contributed by atoms with E-state index in [0.717, 1.165) is 45.0 Å². The second kappa shape index (κ2) is 8.35. The van der Waals surface area contributed by atoms with E-state index < -0.39 is 0 Å². The fourth-order valence-corrected chi connectivity index (χ4v) is 3.14. The van der Waals surface area contributed by atoms with Crippen LogP contribution in [0, 0.1) is 0 Å². The van der Waals surface area contributed by atoms with Crippen LogP contribution in [0.25, 0.3) is 0 Å². The van der Waals surface area contributed by atoms with Gasteiger partial charge in [-0.05, 0) is 31.3 Å². The molecule has 0 bridgehead atoms. The molecule has 6 heteroatoms. The first-order valence-corrected chi connectivity index (χ1v) is 8.85. The number of piperazine rings is 1. The third kappa shape index (κ3) is 4.61. The molecule has 3 rings (SSSR count). The monoisotopic (exact) mass is 332 g/mol. The number of rotatable bonds is 5. The van der Waals surface area contributed by atoms with Crippen molar-refractivity contribution in [3.8, 4) is 0 Å². The van der Waals surface area contributed by atoms with E-state index in [1.807, 2.05) is 4.90 Å². The minimum absolute atomic E-state index is 0.208. The van der Waals surface area contributed by atoms with Crippen LogP contribution < -0.4 is 10.2 Å². The number of amides is 1. The molecule has 0 spiro atoms. The van der Waals surface area contributed by atoms with Crippen molar-refractivity contribution >= 4 is 17.3 Å². The van der Waals surface area contributed by atoms with Crippen LogP contribution in [0.2, 0.25) is 0 Å². The number of nitrogens with zero attached hydrogens (tertiary/aromatic N) is 3. The predicted octanol–water partition coefficient (Wildman–Crippen LogP) is 1.10. The van der Waals surface area contributed by atoms with Gasteiger partial charge < -0.3 is 24.8 Å². The topological polar surface area (TPSA) is 48.0 Å². The summed E-state index contributed by atoms with van der Waals surface area (Å²) in [5.74, 6) is 0.208. The Hall–Kier alpha value is -1.79. The van der Waals surface area contributed by atoms with Gasteiger partial charge in [-0.25, -0.2) is 0 Å². The van der Waals surface area contributed by atoms with Gasteiger partial charge in [0.2, 0.25) is 5.91 Å². The molecule has 1 aromatic rings. The summed E-state index contributed by atoms with van der Waals surface area (Å²) < 4.78 is 5.27. The van der Waals surface area contributed by atoms with E-state index in [2.05, 4.69) is 46.4 Å². The molecule has 6 nitrogen and oxygen atoms in total. The molecule has 2 aliphatic heterocycles. The Labute approximate surface area is 144 Å². The van der Waals surface area contributed by atoms with Gasteiger partial charge >= 0.3 is 0 Å². The van der Waals surface area contributed by atoms with Crippen molar-refractivity contribution in [1.82, 2.24) is 9.80 Å². The highest BCUT2D eigenvalue weighted by atomic mass is 16.5. The molecule has 2 heterocycles. The van der Waals surface area contributed by atoms with E-state index in [4.69, 9.17) is 4.74 Å². The Bertz CT molecular complexity index is 520. The van der Waals surface area contributed by atoms with Crippen molar-refractivity contribution in [2.75, 3.05) is 76.3 Å². The second-order valence-electron chi connectivity index (χ2n) is 6.51. The smallest absolute Gasteiger partial charge is 0.224 e. The van der Waals surface area contributed by atoms with E-state index >= 15 is 0 Å². The summed E-state index contributed by atoms with van der Waals surface area (Å²) in [5.41, 5.74) is 2.35. The van der Waals surface area contributed by atoms with E-state index in [9.17, 15) is 4.79 Å². The Morgan fingerprint density at radius 3 is 2.38 bits per heavy atom. The van der Waals surface area contributed by atoms with Crippen molar-refractivity contribution < 1.29 is 9.53 Å². The zero-order valence-electron chi connectivity index (χ0n) is 14.5. The molecular formula is C18H28N4O2. The van der Waals surface area contributed by atoms with Crippen molar-refractivity contribution in [3.05, 3.63) is 24.3 Å². The van der Waals surface area contributed by atoms with Crippen LogP contribution in [0.3, 0.4) is 0 Å². The van der Waals surface area contributed by atoms with Crippen LogP contribution in [-0.2, 0) is 9.53 Å². The normalized spacial score (nSPS) is 19.4. The first-order valence-electron chi connectivity index (χ1n) is 8.85. The molecule has 1 N–H and O–H groups in total. The lowest BCUT2D eigenvalue weighted by molar-refractivity contribution is -0.134. The summed E-state index contributed by atoms with van der Waals surface area (Å²) in [6.07, 6.45) is 0.528. The highest BCUT2D eigenvalue weighted by Gasteiger charge is 2.16. The van der Waals surface area contributed by atoms with Gasteiger partial charge in [-0.1, -0.05) is 0 Å². The third-order valence-electron chi connectivity index (χ3n) is 4.77. The molecule has 24 heavy (non-hydrogen) atoms. The van der Waals surface area contributed by atoms with Gasteiger partial charge in [-0.3, -0.25) is 4.79 Å². The van der Waals surface area contributed by atoms with E-state index in [1.54, 1.807) is 0 Å². The molecule has 0 radical (unpaired) electrons. The molecule has 1 amide bonds. The quantitative estimate of drug-likeness (QED) is 0.875. The lowest BCUT2D eigenvalue weighted by Crippen LogP contribution is -2.44. The summed E-state index contributed by atoms with van der Waals surface area (Å²) in [4.78, 5) is 18.8. The molecule has 1 aromatic carbocycles. The summed E-state index contributed by atoms with van der Waals surface area (Å²) >= 11 is 0. The van der Waals surface area contributed by atoms with Gasteiger partial charge in [0.05, 0.1) is 13.2 Å². The van der Waals surface area contributed by atoms with Gasteiger partial charge in [0.25, 0.3) is 0 Å². The van der Waals surface area contributed by atoms with Crippen molar-refractivity contribution in [1.29, 1.82) is 0 Å². The first-order chi connectivity index (χ1) is 11.7. The minimum Gasteiger partial charge on any atom is -0.385 e. The fraction of sp³-hybridized carbons (Fsp3) is 0.611. The van der Waals surface area contributed by atoms with Crippen molar-refractivity contribution in [3.63, 3.8) is 0 Å². The van der Waals surface area contributed by atoms with Crippen LogP contribution in [0.15, 0.2) is 24.3 Å². The number of ether oxygens (including phenoxy) is 1. The van der Waals surface area contributed by atoms with Gasteiger partial charge in [0, 0.05) is 63.6 Å². The van der Waals surface area contributed by atoms with E-state index in [0.29, 0.717) is 26.2 Å². The summed E-state index contributed by atoms with van der Waals surface area (Å²) in [6.45, 7) is 7.82. The van der Waals surface area contributed by atoms with E-state index in [1.165, 1.54) is 5.69 Å². The summed E-state index contributed by atoms with van der Waals surface area (Å²) in [6, 6.07) is 8.54. The predicted molar refractivity (Wildman–Crippen MR) is 96.7 cm³/mol. The molecule has 0 unspecified atom stereocenters. The van der Waals surface area contributed by atoms with Gasteiger partial charge in [0.1, 0.15) is 0 Å². The van der Waals surface area contributed by atoms with Gasteiger partial charge in [-0.2, -0.15) is 0 Å². The summed E-state index contributed by atoms with van der Waals surface area (Å²) in [5, 5.41) is 3.35. The van der Waals surface area contributed by atoms with E-state index in [-0.39, 0.29) is 5.91 Å². The SMILES string of the molecule is CN1CCN(c2ccc(NCCC(=O)N3CCOCC3)cc2)CC1. The molecule has 0 aromatic heterocycles. The van der Waals surface area contributed by atoms with Crippen molar-refractivity contribution in [2.24, 2.45) is 0 Å². The standard InChI is InChI=1S/C18H28N4O2/c1-20-8-10-21(11-9-20)17-4-2-16(3-5-17)19-7-6-18(23)22-12-14-24-15-13-22/h2-5,19H,6-15H2,1H3. The first kappa shape index (κ1) is 17.0. The molecule has 0 aliphatic carbocycles. The molecule has 132 valence electrons. The fourth-order valence-electron chi connectivity index (χ4n) is 3.14. The Morgan fingerprint density at radius 1 is 1.04 bits per heavy atom. The lowest BCUT2D eigenvalue weighted by atomic mass is 10.2. The number of anilines is 2. The Balaban J connectivity index is 1.42. The van der Waals surface area contributed by atoms with Crippen molar-refractivity contribution in [2.45, 2.75) is 6.42 Å². The average molecular weight is 332 g/mol.